The predicted molar refractivity (Wildman–Crippen MR) is 51.4 cm³/mol. The van der Waals surface area contributed by atoms with Crippen molar-refractivity contribution in [1.82, 2.24) is 14.5 Å². The number of aromatic nitrogens is 3. The van der Waals surface area contributed by atoms with Crippen molar-refractivity contribution in [2.24, 2.45) is 7.05 Å². The van der Waals surface area contributed by atoms with E-state index in [9.17, 15) is 0 Å². The molecular weight excluding hydrogens is 186 g/mol. The zero-order chi connectivity index (χ0) is 9.26. The lowest BCUT2D eigenvalue weighted by Gasteiger charge is -2.00. The van der Waals surface area contributed by atoms with Crippen molar-refractivity contribution < 1.29 is 0 Å². The van der Waals surface area contributed by atoms with Crippen LogP contribution in [0, 0.1) is 0 Å². The second-order valence-electron chi connectivity index (χ2n) is 2.71. The highest BCUT2D eigenvalue weighted by Gasteiger charge is 2.03. The molecular formula is C9H8ClN3. The van der Waals surface area contributed by atoms with Gasteiger partial charge in [0, 0.05) is 19.4 Å². The van der Waals surface area contributed by atoms with E-state index in [4.69, 9.17) is 11.6 Å². The molecule has 4 heteroatoms. The number of nitrogens with zero attached hydrogens (tertiary/aromatic N) is 3. The number of rotatable bonds is 1. The quantitative estimate of drug-likeness (QED) is 0.650. The van der Waals surface area contributed by atoms with E-state index in [-0.39, 0.29) is 0 Å². The van der Waals surface area contributed by atoms with Gasteiger partial charge in [-0.2, -0.15) is 0 Å². The average Bonchev–Trinajstić information content (AvgIpc) is 2.51. The van der Waals surface area contributed by atoms with E-state index in [2.05, 4.69) is 9.97 Å². The molecule has 0 fully saturated rings. The van der Waals surface area contributed by atoms with E-state index in [1.165, 1.54) is 0 Å². The molecule has 0 radical (unpaired) electrons. The standard InChI is InChI=1S/C9H8ClN3/c1-13-6-5-11-9(13)7-3-2-4-8(10)12-7/h2-6H,1H3. The van der Waals surface area contributed by atoms with Crippen LogP contribution in [0.1, 0.15) is 0 Å². The van der Waals surface area contributed by atoms with Crippen LogP contribution in [0.4, 0.5) is 0 Å². The van der Waals surface area contributed by atoms with Crippen LogP contribution in [0.3, 0.4) is 0 Å². The minimum Gasteiger partial charge on any atom is -0.333 e. The molecule has 0 aromatic carbocycles. The van der Waals surface area contributed by atoms with Crippen LogP contribution >= 0.6 is 11.6 Å². The van der Waals surface area contributed by atoms with E-state index < -0.39 is 0 Å². The van der Waals surface area contributed by atoms with Crippen molar-refractivity contribution in [3.05, 3.63) is 35.7 Å². The zero-order valence-corrected chi connectivity index (χ0v) is 7.86. The lowest BCUT2D eigenvalue weighted by atomic mass is 10.3. The van der Waals surface area contributed by atoms with E-state index in [1.54, 1.807) is 12.3 Å². The summed E-state index contributed by atoms with van der Waals surface area (Å²) in [6, 6.07) is 5.49. The van der Waals surface area contributed by atoms with Crippen LogP contribution in [0.2, 0.25) is 5.15 Å². The summed E-state index contributed by atoms with van der Waals surface area (Å²) in [4.78, 5) is 8.33. The summed E-state index contributed by atoms with van der Waals surface area (Å²) in [7, 11) is 1.92. The van der Waals surface area contributed by atoms with Crippen LogP contribution in [0.15, 0.2) is 30.6 Å². The molecule has 0 spiro atoms. The molecule has 0 atom stereocenters. The third kappa shape index (κ3) is 1.55. The molecule has 2 heterocycles. The summed E-state index contributed by atoms with van der Waals surface area (Å²) in [5, 5.41) is 0.487. The SMILES string of the molecule is Cn1ccnc1-c1cccc(Cl)n1. The molecule has 0 saturated heterocycles. The number of imidazole rings is 1. The van der Waals surface area contributed by atoms with Crippen molar-refractivity contribution in [1.29, 1.82) is 0 Å². The largest absolute Gasteiger partial charge is 0.333 e. The summed E-state index contributed by atoms with van der Waals surface area (Å²) in [6.45, 7) is 0. The molecule has 0 saturated carbocycles. The number of hydrogen-bond donors (Lipinski definition) is 0. The molecule has 0 unspecified atom stereocenters. The highest BCUT2D eigenvalue weighted by molar-refractivity contribution is 6.29. The Kier molecular flexibility index (Phi) is 2.02. The van der Waals surface area contributed by atoms with Crippen LogP contribution in [-0.2, 0) is 7.05 Å². The monoisotopic (exact) mass is 193 g/mol. The van der Waals surface area contributed by atoms with Crippen molar-refractivity contribution in [2.75, 3.05) is 0 Å². The molecule has 2 aromatic heterocycles. The maximum absolute atomic E-state index is 5.77. The first-order valence-electron chi connectivity index (χ1n) is 3.87. The van der Waals surface area contributed by atoms with Gasteiger partial charge >= 0.3 is 0 Å². The first kappa shape index (κ1) is 8.26. The van der Waals surface area contributed by atoms with Gasteiger partial charge in [0.25, 0.3) is 0 Å². The molecule has 0 bridgehead atoms. The third-order valence-corrected chi connectivity index (χ3v) is 1.98. The molecule has 0 N–H and O–H groups in total. The number of hydrogen-bond acceptors (Lipinski definition) is 2. The normalized spacial score (nSPS) is 10.3. The fourth-order valence-electron chi connectivity index (χ4n) is 1.15. The molecule has 2 aromatic rings. The minimum absolute atomic E-state index is 0.487. The van der Waals surface area contributed by atoms with Gasteiger partial charge in [-0.25, -0.2) is 9.97 Å². The Morgan fingerprint density at radius 1 is 1.38 bits per heavy atom. The first-order chi connectivity index (χ1) is 6.27. The zero-order valence-electron chi connectivity index (χ0n) is 7.11. The van der Waals surface area contributed by atoms with E-state index in [0.29, 0.717) is 5.15 Å². The Labute approximate surface area is 81.0 Å². The van der Waals surface area contributed by atoms with Gasteiger partial charge in [-0.3, -0.25) is 0 Å². The highest BCUT2D eigenvalue weighted by atomic mass is 35.5. The first-order valence-corrected chi connectivity index (χ1v) is 4.25. The Hall–Kier alpha value is -1.35. The van der Waals surface area contributed by atoms with Gasteiger partial charge in [-0.1, -0.05) is 17.7 Å². The Morgan fingerprint density at radius 3 is 2.85 bits per heavy atom. The summed E-state index contributed by atoms with van der Waals surface area (Å²) < 4.78 is 1.90. The van der Waals surface area contributed by atoms with Crippen molar-refractivity contribution >= 4 is 11.6 Å². The van der Waals surface area contributed by atoms with Crippen molar-refractivity contribution in [3.63, 3.8) is 0 Å². The molecule has 66 valence electrons. The van der Waals surface area contributed by atoms with E-state index in [1.807, 2.05) is 29.9 Å². The molecule has 2 rings (SSSR count). The predicted octanol–water partition coefficient (Wildman–Crippen LogP) is 2.14. The van der Waals surface area contributed by atoms with Gasteiger partial charge in [0.15, 0.2) is 5.82 Å². The van der Waals surface area contributed by atoms with Crippen LogP contribution in [0.5, 0.6) is 0 Å². The molecule has 13 heavy (non-hydrogen) atoms. The van der Waals surface area contributed by atoms with Crippen LogP contribution in [0.25, 0.3) is 11.5 Å². The summed E-state index contributed by atoms with van der Waals surface area (Å²) >= 11 is 5.77. The Morgan fingerprint density at radius 2 is 2.23 bits per heavy atom. The minimum atomic E-state index is 0.487. The van der Waals surface area contributed by atoms with Gasteiger partial charge in [-0.05, 0) is 12.1 Å². The maximum atomic E-state index is 5.77. The smallest absolute Gasteiger partial charge is 0.158 e. The van der Waals surface area contributed by atoms with Crippen molar-refractivity contribution in [3.8, 4) is 11.5 Å². The fourth-order valence-corrected chi connectivity index (χ4v) is 1.31. The summed E-state index contributed by atoms with van der Waals surface area (Å²) in [5.74, 6) is 0.822. The molecule has 0 aliphatic heterocycles. The number of pyridine rings is 1. The maximum Gasteiger partial charge on any atom is 0.158 e. The third-order valence-electron chi connectivity index (χ3n) is 1.77. The van der Waals surface area contributed by atoms with Crippen molar-refractivity contribution in [2.45, 2.75) is 0 Å². The van der Waals surface area contributed by atoms with Gasteiger partial charge in [0.05, 0.1) is 0 Å². The molecule has 3 nitrogen and oxygen atoms in total. The molecule has 0 aliphatic carbocycles. The summed E-state index contributed by atoms with van der Waals surface area (Å²) in [6.07, 6.45) is 3.61. The average molecular weight is 194 g/mol. The topological polar surface area (TPSA) is 30.7 Å². The van der Waals surface area contributed by atoms with E-state index in [0.717, 1.165) is 11.5 Å². The highest BCUT2D eigenvalue weighted by Crippen LogP contribution is 2.15. The lowest BCUT2D eigenvalue weighted by molar-refractivity contribution is 0.917. The summed E-state index contributed by atoms with van der Waals surface area (Å²) in [5.41, 5.74) is 0.792. The second-order valence-corrected chi connectivity index (χ2v) is 3.09. The van der Waals surface area contributed by atoms with Gasteiger partial charge < -0.3 is 4.57 Å². The fraction of sp³-hybridized carbons (Fsp3) is 0.111. The Balaban J connectivity index is 2.53. The Bertz CT molecular complexity index is 422. The lowest BCUT2D eigenvalue weighted by Crippen LogP contribution is -1.93. The van der Waals surface area contributed by atoms with Crippen LogP contribution < -0.4 is 0 Å². The van der Waals surface area contributed by atoms with E-state index >= 15 is 0 Å². The number of aryl methyl sites for hydroxylation is 1. The molecule has 0 aliphatic rings. The molecule has 0 amide bonds. The van der Waals surface area contributed by atoms with Gasteiger partial charge in [0.1, 0.15) is 10.8 Å². The van der Waals surface area contributed by atoms with Gasteiger partial charge in [0.2, 0.25) is 0 Å². The number of halogens is 1. The second kappa shape index (κ2) is 3.18. The van der Waals surface area contributed by atoms with Gasteiger partial charge in [-0.15, -0.1) is 0 Å². The van der Waals surface area contributed by atoms with Crippen LogP contribution in [-0.4, -0.2) is 14.5 Å².